The van der Waals surface area contributed by atoms with Crippen molar-refractivity contribution in [1.29, 1.82) is 0 Å². The molecule has 1 unspecified atom stereocenters. The molecule has 4 heteroatoms. The molecule has 0 saturated heterocycles. The van der Waals surface area contributed by atoms with E-state index < -0.39 is 0 Å². The van der Waals surface area contributed by atoms with E-state index in [4.69, 9.17) is 4.74 Å². The third-order valence-corrected chi connectivity index (χ3v) is 2.37. The number of carbonyl (C=O) groups excluding carboxylic acids is 1. The third-order valence-electron chi connectivity index (χ3n) is 2.37. The van der Waals surface area contributed by atoms with E-state index in [1.54, 1.807) is 14.2 Å². The Labute approximate surface area is 86.4 Å². The fraction of sp³-hybridized carbons (Fsp3) is 0.900. The van der Waals surface area contributed by atoms with Gasteiger partial charge in [0.05, 0.1) is 11.6 Å². The number of nitrogens with one attached hydrogen (secondary N) is 2. The predicted octanol–water partition coefficient (Wildman–Crippen LogP) is 0.526. The Hall–Kier alpha value is -0.610. The van der Waals surface area contributed by atoms with Crippen molar-refractivity contribution in [3.8, 4) is 0 Å². The standard InChI is InChI=1S/C10H22N2O2/c1-8(9(13)11-4)12-7-6-10(2,3)14-5/h8,12H,6-7H2,1-5H3,(H,11,13). The van der Waals surface area contributed by atoms with Gasteiger partial charge in [-0.05, 0) is 33.7 Å². The molecule has 0 aromatic rings. The molecular weight excluding hydrogens is 180 g/mol. The van der Waals surface area contributed by atoms with E-state index in [1.807, 2.05) is 20.8 Å². The second-order valence-corrected chi connectivity index (χ2v) is 4.00. The van der Waals surface area contributed by atoms with Crippen LogP contribution in [0.2, 0.25) is 0 Å². The van der Waals surface area contributed by atoms with Gasteiger partial charge in [0.2, 0.25) is 5.91 Å². The monoisotopic (exact) mass is 202 g/mol. The van der Waals surface area contributed by atoms with Crippen LogP contribution in [0.5, 0.6) is 0 Å². The van der Waals surface area contributed by atoms with Gasteiger partial charge in [-0.1, -0.05) is 0 Å². The highest BCUT2D eigenvalue weighted by Gasteiger charge is 2.17. The highest BCUT2D eigenvalue weighted by molar-refractivity contribution is 5.80. The van der Waals surface area contributed by atoms with Crippen molar-refractivity contribution >= 4 is 5.91 Å². The fourth-order valence-corrected chi connectivity index (χ4v) is 1.00. The van der Waals surface area contributed by atoms with Gasteiger partial charge in [-0.3, -0.25) is 4.79 Å². The van der Waals surface area contributed by atoms with Gasteiger partial charge >= 0.3 is 0 Å². The van der Waals surface area contributed by atoms with Crippen molar-refractivity contribution in [2.75, 3.05) is 20.7 Å². The number of hydrogen-bond acceptors (Lipinski definition) is 3. The molecule has 1 amide bonds. The summed E-state index contributed by atoms with van der Waals surface area (Å²) in [5, 5.41) is 5.73. The van der Waals surface area contributed by atoms with Crippen LogP contribution < -0.4 is 10.6 Å². The minimum absolute atomic E-state index is 0.0141. The van der Waals surface area contributed by atoms with Crippen LogP contribution in [0.4, 0.5) is 0 Å². The lowest BCUT2D eigenvalue weighted by atomic mass is 10.1. The van der Waals surface area contributed by atoms with Gasteiger partial charge in [-0.2, -0.15) is 0 Å². The second-order valence-electron chi connectivity index (χ2n) is 4.00. The molecule has 0 aromatic carbocycles. The highest BCUT2D eigenvalue weighted by Crippen LogP contribution is 2.11. The molecule has 0 aliphatic carbocycles. The zero-order chi connectivity index (χ0) is 11.2. The van der Waals surface area contributed by atoms with Crippen LogP contribution in [-0.4, -0.2) is 38.3 Å². The molecule has 0 rings (SSSR count). The van der Waals surface area contributed by atoms with Gasteiger partial charge in [-0.15, -0.1) is 0 Å². The lowest BCUT2D eigenvalue weighted by molar-refractivity contribution is -0.122. The van der Waals surface area contributed by atoms with Gasteiger partial charge in [-0.25, -0.2) is 0 Å². The summed E-state index contributed by atoms with van der Waals surface area (Å²) >= 11 is 0. The van der Waals surface area contributed by atoms with Crippen molar-refractivity contribution in [3.05, 3.63) is 0 Å². The molecule has 0 aromatic heterocycles. The van der Waals surface area contributed by atoms with Gasteiger partial charge < -0.3 is 15.4 Å². The Kier molecular flexibility index (Phi) is 5.72. The normalized spacial score (nSPS) is 13.8. The molecule has 0 radical (unpaired) electrons. The molecule has 84 valence electrons. The van der Waals surface area contributed by atoms with Gasteiger partial charge in [0, 0.05) is 14.2 Å². The Morgan fingerprint density at radius 1 is 1.50 bits per heavy atom. The van der Waals surface area contributed by atoms with Crippen molar-refractivity contribution in [2.45, 2.75) is 38.8 Å². The molecule has 0 saturated carbocycles. The molecule has 0 heterocycles. The second kappa shape index (κ2) is 5.98. The maximum absolute atomic E-state index is 11.1. The van der Waals surface area contributed by atoms with Crippen LogP contribution in [0.25, 0.3) is 0 Å². The van der Waals surface area contributed by atoms with Crippen LogP contribution in [0.3, 0.4) is 0 Å². The first kappa shape index (κ1) is 13.4. The number of likely N-dealkylation sites (N-methyl/N-ethyl adjacent to an activating group) is 1. The highest BCUT2D eigenvalue weighted by atomic mass is 16.5. The van der Waals surface area contributed by atoms with E-state index in [0.717, 1.165) is 13.0 Å². The molecular formula is C10H22N2O2. The molecule has 0 bridgehead atoms. The average Bonchev–Trinajstić information content (AvgIpc) is 2.16. The molecule has 4 nitrogen and oxygen atoms in total. The maximum atomic E-state index is 11.1. The van der Waals surface area contributed by atoms with Crippen LogP contribution >= 0.6 is 0 Å². The SMILES string of the molecule is CNC(=O)C(C)NCCC(C)(C)OC. The minimum Gasteiger partial charge on any atom is -0.379 e. The first-order chi connectivity index (χ1) is 6.43. The van der Waals surface area contributed by atoms with E-state index in [-0.39, 0.29) is 17.6 Å². The molecule has 14 heavy (non-hydrogen) atoms. The van der Waals surface area contributed by atoms with Crippen LogP contribution in [0, 0.1) is 0 Å². The number of amides is 1. The number of rotatable bonds is 6. The van der Waals surface area contributed by atoms with Gasteiger partial charge in [0.1, 0.15) is 0 Å². The van der Waals surface area contributed by atoms with E-state index in [0.29, 0.717) is 0 Å². The quantitative estimate of drug-likeness (QED) is 0.660. The van der Waals surface area contributed by atoms with Gasteiger partial charge in [0.25, 0.3) is 0 Å². The topological polar surface area (TPSA) is 50.4 Å². The zero-order valence-electron chi connectivity index (χ0n) is 9.81. The Morgan fingerprint density at radius 3 is 2.50 bits per heavy atom. The van der Waals surface area contributed by atoms with Crippen molar-refractivity contribution in [2.24, 2.45) is 0 Å². The lowest BCUT2D eigenvalue weighted by Crippen LogP contribution is -2.42. The zero-order valence-corrected chi connectivity index (χ0v) is 9.81. The minimum atomic E-state index is -0.146. The number of carbonyl (C=O) groups is 1. The molecule has 0 aliphatic rings. The van der Waals surface area contributed by atoms with Crippen molar-refractivity contribution in [3.63, 3.8) is 0 Å². The van der Waals surface area contributed by atoms with E-state index in [2.05, 4.69) is 10.6 Å². The summed E-state index contributed by atoms with van der Waals surface area (Å²) in [7, 11) is 3.34. The number of ether oxygens (including phenoxy) is 1. The summed E-state index contributed by atoms with van der Waals surface area (Å²) in [6, 6.07) is -0.146. The van der Waals surface area contributed by atoms with Crippen molar-refractivity contribution in [1.82, 2.24) is 10.6 Å². The van der Waals surface area contributed by atoms with E-state index in [9.17, 15) is 4.79 Å². The first-order valence-electron chi connectivity index (χ1n) is 4.93. The molecule has 2 N–H and O–H groups in total. The summed E-state index contributed by atoms with van der Waals surface area (Å²) in [6.45, 7) is 6.67. The van der Waals surface area contributed by atoms with E-state index >= 15 is 0 Å². The molecule has 0 fully saturated rings. The molecule has 1 atom stereocenters. The largest absolute Gasteiger partial charge is 0.379 e. The Balaban J connectivity index is 3.69. The Morgan fingerprint density at radius 2 is 2.07 bits per heavy atom. The van der Waals surface area contributed by atoms with Crippen LogP contribution in [0.1, 0.15) is 27.2 Å². The smallest absolute Gasteiger partial charge is 0.236 e. The predicted molar refractivity (Wildman–Crippen MR) is 57.2 cm³/mol. The van der Waals surface area contributed by atoms with Crippen LogP contribution in [0.15, 0.2) is 0 Å². The number of hydrogen-bond donors (Lipinski definition) is 2. The third kappa shape index (κ3) is 5.19. The summed E-state index contributed by atoms with van der Waals surface area (Å²) in [5.41, 5.74) is -0.130. The van der Waals surface area contributed by atoms with Crippen LogP contribution in [-0.2, 0) is 9.53 Å². The first-order valence-corrected chi connectivity index (χ1v) is 4.93. The Bertz CT molecular complexity index is 181. The summed E-state index contributed by atoms with van der Waals surface area (Å²) in [4.78, 5) is 11.1. The van der Waals surface area contributed by atoms with E-state index in [1.165, 1.54) is 0 Å². The maximum Gasteiger partial charge on any atom is 0.236 e. The number of methoxy groups -OCH3 is 1. The van der Waals surface area contributed by atoms with Gasteiger partial charge in [0.15, 0.2) is 0 Å². The molecule has 0 aliphatic heterocycles. The fourth-order valence-electron chi connectivity index (χ4n) is 1.00. The summed E-state index contributed by atoms with van der Waals surface area (Å²) < 4.78 is 5.27. The molecule has 0 spiro atoms. The average molecular weight is 202 g/mol. The summed E-state index contributed by atoms with van der Waals surface area (Å²) in [5.74, 6) is 0.0141. The lowest BCUT2D eigenvalue weighted by Gasteiger charge is -2.23. The summed E-state index contributed by atoms with van der Waals surface area (Å²) in [6.07, 6.45) is 0.880. The van der Waals surface area contributed by atoms with Crippen molar-refractivity contribution < 1.29 is 9.53 Å².